The number of carbonyl (C=O) groups is 2. The summed E-state index contributed by atoms with van der Waals surface area (Å²) in [6, 6.07) is 26.4. The quantitative estimate of drug-likeness (QED) is 0.223. The van der Waals surface area contributed by atoms with E-state index in [1.54, 1.807) is 65.6 Å². The van der Waals surface area contributed by atoms with Gasteiger partial charge in [0, 0.05) is 30.3 Å². The molecule has 4 rings (SSSR count). The Morgan fingerprint density at radius 2 is 1.56 bits per heavy atom. The normalized spacial score (nSPS) is 11.5. The molecule has 0 aliphatic heterocycles. The van der Waals surface area contributed by atoms with Crippen LogP contribution in [0.2, 0.25) is 0 Å². The molecule has 0 aliphatic rings. The van der Waals surface area contributed by atoms with Gasteiger partial charge in [-0.05, 0) is 53.9 Å². The van der Waals surface area contributed by atoms with Crippen LogP contribution in [-0.2, 0) is 6.54 Å². The average Bonchev–Trinajstić information content (AvgIpc) is 2.97. The molecule has 200 valence electrons. The van der Waals surface area contributed by atoms with Crippen molar-refractivity contribution in [2.45, 2.75) is 26.0 Å². The van der Waals surface area contributed by atoms with Gasteiger partial charge in [0.15, 0.2) is 17.3 Å². The lowest BCUT2D eigenvalue weighted by atomic mass is 9.99. The van der Waals surface area contributed by atoms with E-state index in [4.69, 9.17) is 9.47 Å². The molecule has 7 heteroatoms. The molecular formula is C32H30FNO5. The highest BCUT2D eigenvalue weighted by Crippen LogP contribution is 2.32. The second-order valence-electron chi connectivity index (χ2n) is 9.02. The Morgan fingerprint density at radius 3 is 2.21 bits per heavy atom. The standard InChI is InChI=1S/C32H30FNO5/c1-3-19-34(21-22-9-11-24(12-10-22)31(36)30(35)23-7-5-4-6-8-23)32(37)25-13-16-27(17-14-25)39-29-20-26(33)15-18-28(29)38-2/h4-18,20,31,36H,3,19,21H2,1-2H3. The molecule has 0 saturated carbocycles. The van der Waals surface area contributed by atoms with Crippen LogP contribution in [0.5, 0.6) is 17.2 Å². The van der Waals surface area contributed by atoms with E-state index in [1.165, 1.54) is 25.3 Å². The predicted molar refractivity (Wildman–Crippen MR) is 147 cm³/mol. The van der Waals surface area contributed by atoms with Gasteiger partial charge in [0.1, 0.15) is 17.7 Å². The van der Waals surface area contributed by atoms with E-state index >= 15 is 0 Å². The van der Waals surface area contributed by atoms with Gasteiger partial charge in [-0.2, -0.15) is 0 Å². The van der Waals surface area contributed by atoms with Crippen LogP contribution in [0, 0.1) is 5.82 Å². The monoisotopic (exact) mass is 527 g/mol. The molecule has 1 atom stereocenters. The molecule has 1 amide bonds. The predicted octanol–water partition coefficient (Wildman–Crippen LogP) is 6.60. The fourth-order valence-electron chi connectivity index (χ4n) is 4.17. The number of nitrogens with zero attached hydrogens (tertiary/aromatic N) is 1. The fraction of sp³-hybridized carbons (Fsp3) is 0.188. The van der Waals surface area contributed by atoms with Gasteiger partial charge in [-0.1, -0.05) is 61.5 Å². The van der Waals surface area contributed by atoms with Crippen molar-refractivity contribution in [1.29, 1.82) is 0 Å². The highest BCUT2D eigenvalue weighted by Gasteiger charge is 2.20. The number of Topliss-reactive ketones (excluding diaryl/α,β-unsaturated/α-hetero) is 1. The average molecular weight is 528 g/mol. The number of rotatable bonds is 11. The molecule has 39 heavy (non-hydrogen) atoms. The van der Waals surface area contributed by atoms with Crippen molar-refractivity contribution >= 4 is 11.7 Å². The molecule has 0 radical (unpaired) electrons. The van der Waals surface area contributed by atoms with Crippen LogP contribution in [0.4, 0.5) is 4.39 Å². The number of aliphatic hydroxyl groups is 1. The van der Waals surface area contributed by atoms with Gasteiger partial charge in [-0.25, -0.2) is 4.39 Å². The molecule has 0 heterocycles. The van der Waals surface area contributed by atoms with Crippen LogP contribution in [0.25, 0.3) is 0 Å². The third-order valence-electron chi connectivity index (χ3n) is 6.21. The second-order valence-corrected chi connectivity index (χ2v) is 9.02. The molecule has 0 saturated heterocycles. The maximum absolute atomic E-state index is 13.7. The van der Waals surface area contributed by atoms with Gasteiger partial charge < -0.3 is 19.5 Å². The molecule has 0 bridgehead atoms. The lowest BCUT2D eigenvalue weighted by molar-refractivity contribution is 0.0742. The summed E-state index contributed by atoms with van der Waals surface area (Å²) >= 11 is 0. The first-order valence-electron chi connectivity index (χ1n) is 12.7. The summed E-state index contributed by atoms with van der Waals surface area (Å²) in [7, 11) is 1.48. The molecular weight excluding hydrogens is 497 g/mol. The summed E-state index contributed by atoms with van der Waals surface area (Å²) in [4.78, 5) is 27.6. The number of hydrogen-bond acceptors (Lipinski definition) is 5. The van der Waals surface area contributed by atoms with Crippen LogP contribution in [-0.4, -0.2) is 35.4 Å². The Kier molecular flexibility index (Phi) is 9.07. The van der Waals surface area contributed by atoms with Gasteiger partial charge in [-0.15, -0.1) is 0 Å². The Balaban J connectivity index is 1.43. The Bertz CT molecular complexity index is 1410. The summed E-state index contributed by atoms with van der Waals surface area (Å²) in [6.45, 7) is 2.92. The van der Waals surface area contributed by atoms with Crippen LogP contribution in [0.3, 0.4) is 0 Å². The summed E-state index contributed by atoms with van der Waals surface area (Å²) in [6.07, 6.45) is -0.489. The number of carbonyl (C=O) groups excluding carboxylic acids is 2. The number of halogens is 1. The molecule has 0 aliphatic carbocycles. The van der Waals surface area contributed by atoms with E-state index in [9.17, 15) is 19.1 Å². The van der Waals surface area contributed by atoms with Gasteiger partial charge in [0.05, 0.1) is 7.11 Å². The minimum absolute atomic E-state index is 0.143. The molecule has 4 aromatic carbocycles. The number of methoxy groups -OCH3 is 1. The van der Waals surface area contributed by atoms with Gasteiger partial charge >= 0.3 is 0 Å². The first-order valence-corrected chi connectivity index (χ1v) is 12.7. The number of hydrogen-bond donors (Lipinski definition) is 1. The van der Waals surface area contributed by atoms with Gasteiger partial charge in [0.2, 0.25) is 0 Å². The van der Waals surface area contributed by atoms with Crippen LogP contribution < -0.4 is 9.47 Å². The van der Waals surface area contributed by atoms with Crippen molar-refractivity contribution in [3.05, 3.63) is 125 Å². The van der Waals surface area contributed by atoms with E-state index in [0.717, 1.165) is 12.0 Å². The van der Waals surface area contributed by atoms with Crippen molar-refractivity contribution in [3.63, 3.8) is 0 Å². The number of ketones is 1. The molecule has 0 spiro atoms. The SMILES string of the molecule is CCCN(Cc1ccc(C(O)C(=O)c2ccccc2)cc1)C(=O)c1ccc(Oc2cc(F)ccc2OC)cc1. The van der Waals surface area contributed by atoms with Crippen molar-refractivity contribution in [3.8, 4) is 17.2 Å². The van der Waals surface area contributed by atoms with Crippen LogP contribution in [0.15, 0.2) is 97.1 Å². The lowest BCUT2D eigenvalue weighted by Gasteiger charge is -2.23. The van der Waals surface area contributed by atoms with Crippen LogP contribution in [0.1, 0.15) is 51.3 Å². The number of aliphatic hydroxyl groups excluding tert-OH is 1. The Hall–Kier alpha value is -4.49. The third-order valence-corrected chi connectivity index (χ3v) is 6.21. The molecule has 0 aromatic heterocycles. The minimum Gasteiger partial charge on any atom is -0.493 e. The fourth-order valence-corrected chi connectivity index (χ4v) is 4.17. The minimum atomic E-state index is -1.26. The van der Waals surface area contributed by atoms with E-state index in [0.29, 0.717) is 41.3 Å². The summed E-state index contributed by atoms with van der Waals surface area (Å²) in [5.74, 6) is 0.121. The molecule has 6 nitrogen and oxygen atoms in total. The summed E-state index contributed by atoms with van der Waals surface area (Å²) in [5, 5.41) is 10.5. The van der Waals surface area contributed by atoms with Crippen molar-refractivity contribution in [2.75, 3.05) is 13.7 Å². The second kappa shape index (κ2) is 12.8. The summed E-state index contributed by atoms with van der Waals surface area (Å²) in [5.41, 5.74) is 2.30. The molecule has 1 unspecified atom stereocenters. The number of benzene rings is 4. The molecule has 4 aromatic rings. The van der Waals surface area contributed by atoms with E-state index in [2.05, 4.69) is 0 Å². The van der Waals surface area contributed by atoms with Crippen molar-refractivity contribution in [2.24, 2.45) is 0 Å². The third kappa shape index (κ3) is 6.89. The summed E-state index contributed by atoms with van der Waals surface area (Å²) < 4.78 is 24.6. The van der Waals surface area contributed by atoms with E-state index < -0.39 is 11.9 Å². The molecule has 0 fully saturated rings. The maximum Gasteiger partial charge on any atom is 0.254 e. The van der Waals surface area contributed by atoms with E-state index in [1.807, 2.05) is 25.1 Å². The topological polar surface area (TPSA) is 76.1 Å². The number of ether oxygens (including phenoxy) is 2. The zero-order valence-corrected chi connectivity index (χ0v) is 21.8. The first kappa shape index (κ1) is 27.5. The zero-order valence-electron chi connectivity index (χ0n) is 21.8. The zero-order chi connectivity index (χ0) is 27.8. The van der Waals surface area contributed by atoms with Crippen LogP contribution >= 0.6 is 0 Å². The largest absolute Gasteiger partial charge is 0.493 e. The smallest absolute Gasteiger partial charge is 0.254 e. The van der Waals surface area contributed by atoms with E-state index in [-0.39, 0.29) is 17.4 Å². The Morgan fingerprint density at radius 1 is 0.872 bits per heavy atom. The first-order chi connectivity index (χ1) is 18.9. The lowest BCUT2D eigenvalue weighted by Crippen LogP contribution is -2.31. The number of amides is 1. The highest BCUT2D eigenvalue weighted by molar-refractivity contribution is 5.99. The van der Waals surface area contributed by atoms with Gasteiger partial charge in [0.25, 0.3) is 5.91 Å². The Labute approximate surface area is 227 Å². The highest BCUT2D eigenvalue weighted by atomic mass is 19.1. The van der Waals surface area contributed by atoms with Crippen molar-refractivity contribution < 1.29 is 28.6 Å². The maximum atomic E-state index is 13.7. The molecule has 1 N–H and O–H groups in total. The van der Waals surface area contributed by atoms with Crippen molar-refractivity contribution in [1.82, 2.24) is 4.90 Å². The van der Waals surface area contributed by atoms with Gasteiger partial charge in [-0.3, -0.25) is 9.59 Å².